The van der Waals surface area contributed by atoms with Crippen molar-refractivity contribution in [3.63, 3.8) is 0 Å². The van der Waals surface area contributed by atoms with Crippen LogP contribution in [0, 0.1) is 5.41 Å². The minimum Gasteiger partial charge on any atom is -0.392 e. The van der Waals surface area contributed by atoms with Crippen LogP contribution in [0.1, 0.15) is 45.6 Å². The molecule has 120 valence electrons. The lowest BCUT2D eigenvalue weighted by atomic mass is 9.89. The number of benzene rings is 1. The molecular weight excluding hydrogens is 286 g/mol. The highest BCUT2D eigenvalue weighted by Crippen LogP contribution is 2.20. The molecule has 0 bridgehead atoms. The third-order valence-corrected chi connectivity index (χ3v) is 4.77. The summed E-state index contributed by atoms with van der Waals surface area (Å²) in [6.45, 7) is 8.01. The standard InChI is InChI=1S/C16H27NO3S/c1-13(14-8-6-5-7-9-14)12-21(19,20)17-11-15(18)10-16(2,3)4/h5-9,13,15,17-18H,10-12H2,1-4H3. The summed E-state index contributed by atoms with van der Waals surface area (Å²) >= 11 is 0. The van der Waals surface area contributed by atoms with Crippen LogP contribution in [0.15, 0.2) is 30.3 Å². The molecule has 0 amide bonds. The van der Waals surface area contributed by atoms with Crippen LogP contribution >= 0.6 is 0 Å². The van der Waals surface area contributed by atoms with Crippen molar-refractivity contribution >= 4 is 10.0 Å². The Morgan fingerprint density at radius 1 is 1.19 bits per heavy atom. The van der Waals surface area contributed by atoms with Gasteiger partial charge < -0.3 is 5.11 Å². The van der Waals surface area contributed by atoms with Gasteiger partial charge in [-0.25, -0.2) is 13.1 Å². The lowest BCUT2D eigenvalue weighted by molar-refractivity contribution is 0.125. The zero-order valence-corrected chi connectivity index (χ0v) is 14.2. The van der Waals surface area contributed by atoms with Gasteiger partial charge in [0.25, 0.3) is 0 Å². The average Bonchev–Trinajstić information content (AvgIpc) is 2.35. The Labute approximate surface area is 128 Å². The topological polar surface area (TPSA) is 66.4 Å². The van der Waals surface area contributed by atoms with Crippen molar-refractivity contribution in [1.29, 1.82) is 0 Å². The molecule has 0 aliphatic heterocycles. The Hall–Kier alpha value is -0.910. The van der Waals surface area contributed by atoms with Crippen molar-refractivity contribution in [3.05, 3.63) is 35.9 Å². The zero-order valence-electron chi connectivity index (χ0n) is 13.3. The third-order valence-electron chi connectivity index (χ3n) is 3.22. The van der Waals surface area contributed by atoms with E-state index in [1.54, 1.807) is 0 Å². The Bertz CT molecular complexity index is 520. The van der Waals surface area contributed by atoms with Crippen molar-refractivity contribution in [1.82, 2.24) is 4.72 Å². The SMILES string of the molecule is CC(CS(=O)(=O)NCC(O)CC(C)(C)C)c1ccccc1. The van der Waals surface area contributed by atoms with Crippen LogP contribution in [0.4, 0.5) is 0 Å². The van der Waals surface area contributed by atoms with Gasteiger partial charge in [-0.15, -0.1) is 0 Å². The highest BCUT2D eigenvalue weighted by atomic mass is 32.2. The Balaban J connectivity index is 2.51. The third kappa shape index (κ3) is 7.60. The minimum absolute atomic E-state index is 0.0256. The smallest absolute Gasteiger partial charge is 0.212 e. The van der Waals surface area contributed by atoms with Crippen molar-refractivity contribution in [2.75, 3.05) is 12.3 Å². The molecule has 1 rings (SSSR count). The zero-order chi connectivity index (χ0) is 16.1. The molecule has 2 N–H and O–H groups in total. The van der Waals surface area contributed by atoms with Crippen molar-refractivity contribution < 1.29 is 13.5 Å². The summed E-state index contributed by atoms with van der Waals surface area (Å²) in [6.07, 6.45) is -0.101. The predicted octanol–water partition coefficient (Wildman–Crippen LogP) is 2.51. The maximum absolute atomic E-state index is 12.1. The summed E-state index contributed by atoms with van der Waals surface area (Å²) in [5.41, 5.74) is 0.973. The fraction of sp³-hybridized carbons (Fsp3) is 0.625. The largest absolute Gasteiger partial charge is 0.392 e. The molecule has 1 aromatic rings. The summed E-state index contributed by atoms with van der Waals surface area (Å²) < 4.78 is 26.6. The monoisotopic (exact) mass is 313 g/mol. The van der Waals surface area contributed by atoms with E-state index in [2.05, 4.69) is 4.72 Å². The molecule has 0 radical (unpaired) electrons. The van der Waals surface area contributed by atoms with Gasteiger partial charge in [0, 0.05) is 6.54 Å². The molecule has 21 heavy (non-hydrogen) atoms. The number of sulfonamides is 1. The van der Waals surface area contributed by atoms with Gasteiger partial charge in [-0.3, -0.25) is 0 Å². The molecule has 0 aliphatic rings. The minimum atomic E-state index is -3.39. The molecule has 1 aromatic carbocycles. The molecule has 0 saturated carbocycles. The van der Waals surface area contributed by atoms with E-state index in [4.69, 9.17) is 0 Å². The molecule has 0 aliphatic carbocycles. The summed E-state index contributed by atoms with van der Waals surface area (Å²) in [5, 5.41) is 9.87. The quantitative estimate of drug-likeness (QED) is 0.813. The second kappa shape index (κ2) is 7.38. The van der Waals surface area contributed by atoms with E-state index < -0.39 is 16.1 Å². The second-order valence-electron chi connectivity index (χ2n) is 6.86. The fourth-order valence-corrected chi connectivity index (χ4v) is 3.68. The molecule has 0 spiro atoms. The van der Waals surface area contributed by atoms with Crippen LogP contribution in [0.25, 0.3) is 0 Å². The number of rotatable bonds is 7. The molecule has 4 nitrogen and oxygen atoms in total. The van der Waals surface area contributed by atoms with Gasteiger partial charge in [-0.05, 0) is 23.3 Å². The lowest BCUT2D eigenvalue weighted by Crippen LogP contribution is -2.36. The van der Waals surface area contributed by atoms with E-state index >= 15 is 0 Å². The number of hydrogen-bond donors (Lipinski definition) is 2. The van der Waals surface area contributed by atoms with E-state index in [9.17, 15) is 13.5 Å². The first-order chi connectivity index (χ1) is 9.59. The first-order valence-electron chi connectivity index (χ1n) is 7.29. The summed E-state index contributed by atoms with van der Waals surface area (Å²) in [5.74, 6) is -0.0531. The summed E-state index contributed by atoms with van der Waals surface area (Å²) in [4.78, 5) is 0. The number of aliphatic hydroxyl groups excluding tert-OH is 1. The van der Waals surface area contributed by atoms with Crippen molar-refractivity contribution in [2.24, 2.45) is 5.41 Å². The molecule has 0 fully saturated rings. The van der Waals surface area contributed by atoms with Crippen LogP contribution < -0.4 is 4.72 Å². The number of hydrogen-bond acceptors (Lipinski definition) is 3. The lowest BCUT2D eigenvalue weighted by Gasteiger charge is -2.22. The fourth-order valence-electron chi connectivity index (χ4n) is 2.27. The number of aliphatic hydroxyl groups is 1. The Morgan fingerprint density at radius 2 is 1.76 bits per heavy atom. The van der Waals surface area contributed by atoms with Gasteiger partial charge in [-0.2, -0.15) is 0 Å². The van der Waals surface area contributed by atoms with E-state index in [1.165, 1.54) is 0 Å². The van der Waals surface area contributed by atoms with Crippen molar-refractivity contribution in [3.8, 4) is 0 Å². The molecule has 2 atom stereocenters. The average molecular weight is 313 g/mol. The van der Waals surface area contributed by atoms with Gasteiger partial charge in [0.05, 0.1) is 11.9 Å². The second-order valence-corrected chi connectivity index (χ2v) is 8.71. The predicted molar refractivity (Wildman–Crippen MR) is 86.7 cm³/mol. The summed E-state index contributed by atoms with van der Waals surface area (Å²) in [7, 11) is -3.39. The van der Waals surface area contributed by atoms with E-state index in [-0.39, 0.29) is 23.6 Å². The van der Waals surface area contributed by atoms with Gasteiger partial charge in [0.2, 0.25) is 10.0 Å². The van der Waals surface area contributed by atoms with Crippen molar-refractivity contribution in [2.45, 2.75) is 46.1 Å². The Kier molecular flexibility index (Phi) is 6.38. The van der Waals surface area contributed by atoms with Gasteiger partial charge in [0.15, 0.2) is 0 Å². The highest BCUT2D eigenvalue weighted by Gasteiger charge is 2.21. The molecule has 2 unspecified atom stereocenters. The highest BCUT2D eigenvalue weighted by molar-refractivity contribution is 7.89. The number of nitrogens with one attached hydrogen (secondary N) is 1. The molecule has 0 saturated heterocycles. The van der Waals surface area contributed by atoms with Gasteiger partial charge in [-0.1, -0.05) is 58.0 Å². The molecule has 0 heterocycles. The van der Waals surface area contributed by atoms with Crippen LogP contribution in [0.3, 0.4) is 0 Å². The first kappa shape index (κ1) is 18.1. The van der Waals surface area contributed by atoms with E-state index in [0.29, 0.717) is 6.42 Å². The van der Waals surface area contributed by atoms with Gasteiger partial charge in [0.1, 0.15) is 0 Å². The Morgan fingerprint density at radius 3 is 2.29 bits per heavy atom. The summed E-state index contributed by atoms with van der Waals surface area (Å²) in [6, 6.07) is 9.56. The molecular formula is C16H27NO3S. The van der Waals surface area contributed by atoms with Crippen LogP contribution in [-0.4, -0.2) is 31.9 Å². The molecule has 5 heteroatoms. The van der Waals surface area contributed by atoms with E-state index in [1.807, 2.05) is 58.0 Å². The van der Waals surface area contributed by atoms with E-state index in [0.717, 1.165) is 5.56 Å². The maximum atomic E-state index is 12.1. The van der Waals surface area contributed by atoms with Crippen LogP contribution in [0.2, 0.25) is 0 Å². The maximum Gasteiger partial charge on any atom is 0.212 e. The van der Waals surface area contributed by atoms with Crippen LogP contribution in [0.5, 0.6) is 0 Å². The normalized spacial score (nSPS) is 15.7. The van der Waals surface area contributed by atoms with Crippen LogP contribution in [-0.2, 0) is 10.0 Å². The van der Waals surface area contributed by atoms with Gasteiger partial charge >= 0.3 is 0 Å². The molecule has 0 aromatic heterocycles. The first-order valence-corrected chi connectivity index (χ1v) is 8.95.